The van der Waals surface area contributed by atoms with Gasteiger partial charge in [0.05, 0.1) is 11.9 Å². The molecule has 2 aromatic rings. The molecule has 0 aromatic carbocycles. The quantitative estimate of drug-likeness (QED) is 0.897. The maximum absolute atomic E-state index is 4.68. The molecule has 0 bridgehead atoms. The van der Waals surface area contributed by atoms with Crippen molar-refractivity contribution in [2.75, 3.05) is 12.4 Å². The molecule has 0 saturated heterocycles. The molecule has 1 fully saturated rings. The summed E-state index contributed by atoms with van der Waals surface area (Å²) in [5.74, 6) is 2.38. The van der Waals surface area contributed by atoms with Crippen LogP contribution in [0.15, 0.2) is 18.5 Å². The fourth-order valence-corrected chi connectivity index (χ4v) is 2.14. The topological polar surface area (TPSA) is 55.6 Å². The average molecular weight is 243 g/mol. The van der Waals surface area contributed by atoms with Crippen LogP contribution in [0.25, 0.3) is 11.3 Å². The van der Waals surface area contributed by atoms with E-state index >= 15 is 0 Å². The van der Waals surface area contributed by atoms with Crippen LogP contribution < -0.4 is 5.32 Å². The number of hydrogen-bond donors (Lipinski definition) is 1. The van der Waals surface area contributed by atoms with Gasteiger partial charge in [-0.1, -0.05) is 6.42 Å². The van der Waals surface area contributed by atoms with E-state index in [2.05, 4.69) is 20.4 Å². The lowest BCUT2D eigenvalue weighted by molar-refractivity contribution is 0.402. The van der Waals surface area contributed by atoms with Crippen molar-refractivity contribution in [2.24, 2.45) is 7.05 Å². The molecule has 0 radical (unpaired) electrons. The SMILES string of the molecule is CNc1cc(-c2cnn(C)c2)nc(C2CCC2)n1. The van der Waals surface area contributed by atoms with Gasteiger partial charge in [-0.05, 0) is 12.8 Å². The highest BCUT2D eigenvalue weighted by molar-refractivity contribution is 5.61. The van der Waals surface area contributed by atoms with Gasteiger partial charge in [0.25, 0.3) is 0 Å². The standard InChI is InChI=1S/C13H17N5/c1-14-12-6-11(10-7-15-18(2)8-10)16-13(17-12)9-4-3-5-9/h6-9H,3-5H2,1-2H3,(H,14,16,17). The Morgan fingerprint density at radius 3 is 2.72 bits per heavy atom. The summed E-state index contributed by atoms with van der Waals surface area (Å²) in [4.78, 5) is 9.24. The van der Waals surface area contributed by atoms with Gasteiger partial charge in [-0.15, -0.1) is 0 Å². The highest BCUT2D eigenvalue weighted by Crippen LogP contribution is 2.35. The molecule has 18 heavy (non-hydrogen) atoms. The van der Waals surface area contributed by atoms with Gasteiger partial charge in [-0.3, -0.25) is 4.68 Å². The van der Waals surface area contributed by atoms with Crippen LogP contribution in [0, 0.1) is 0 Å². The molecule has 2 aromatic heterocycles. The number of rotatable bonds is 3. The molecule has 5 nitrogen and oxygen atoms in total. The molecule has 1 N–H and O–H groups in total. The molecule has 0 unspecified atom stereocenters. The fraction of sp³-hybridized carbons (Fsp3) is 0.462. The summed E-state index contributed by atoms with van der Waals surface area (Å²) in [5.41, 5.74) is 1.99. The van der Waals surface area contributed by atoms with Gasteiger partial charge in [0.15, 0.2) is 0 Å². The Kier molecular flexibility index (Phi) is 2.74. The molecule has 94 valence electrons. The van der Waals surface area contributed by atoms with Crippen molar-refractivity contribution >= 4 is 5.82 Å². The summed E-state index contributed by atoms with van der Waals surface area (Å²) in [7, 11) is 3.80. The fourth-order valence-electron chi connectivity index (χ4n) is 2.14. The molecular weight excluding hydrogens is 226 g/mol. The third-order valence-corrected chi connectivity index (χ3v) is 3.47. The minimum atomic E-state index is 0.536. The smallest absolute Gasteiger partial charge is 0.134 e. The molecule has 0 aliphatic heterocycles. The molecule has 1 aliphatic rings. The Labute approximate surface area is 106 Å². The van der Waals surface area contributed by atoms with Gasteiger partial charge in [0.2, 0.25) is 0 Å². The number of aromatic nitrogens is 4. The summed E-state index contributed by atoms with van der Waals surface area (Å²) in [6.45, 7) is 0. The van der Waals surface area contributed by atoms with Crippen molar-refractivity contribution in [3.63, 3.8) is 0 Å². The number of aryl methyl sites for hydroxylation is 1. The third kappa shape index (κ3) is 1.96. The molecular formula is C13H17N5. The largest absolute Gasteiger partial charge is 0.373 e. The lowest BCUT2D eigenvalue weighted by Gasteiger charge is -2.24. The maximum Gasteiger partial charge on any atom is 0.134 e. The second-order valence-electron chi connectivity index (χ2n) is 4.78. The molecule has 0 spiro atoms. The Bertz CT molecular complexity index is 556. The predicted molar refractivity (Wildman–Crippen MR) is 70.4 cm³/mol. The molecule has 2 heterocycles. The average Bonchev–Trinajstić information content (AvgIpc) is 2.73. The number of nitrogens with one attached hydrogen (secondary N) is 1. The zero-order valence-corrected chi connectivity index (χ0v) is 10.7. The molecule has 0 atom stereocenters. The lowest BCUT2D eigenvalue weighted by Crippen LogP contribution is -2.14. The van der Waals surface area contributed by atoms with Crippen molar-refractivity contribution in [1.82, 2.24) is 19.7 Å². The summed E-state index contributed by atoms with van der Waals surface area (Å²) in [5, 5.41) is 7.30. The van der Waals surface area contributed by atoms with Crippen molar-refractivity contribution < 1.29 is 0 Å². The molecule has 5 heteroatoms. The van der Waals surface area contributed by atoms with Gasteiger partial charge in [0.1, 0.15) is 11.6 Å². The minimum absolute atomic E-state index is 0.536. The lowest BCUT2D eigenvalue weighted by atomic mass is 9.85. The Balaban J connectivity index is 2.02. The van der Waals surface area contributed by atoms with Crippen molar-refractivity contribution in [3.05, 3.63) is 24.3 Å². The van der Waals surface area contributed by atoms with Crippen LogP contribution in [0.4, 0.5) is 5.82 Å². The van der Waals surface area contributed by atoms with Crippen molar-refractivity contribution in [2.45, 2.75) is 25.2 Å². The summed E-state index contributed by atoms with van der Waals surface area (Å²) in [6, 6.07) is 1.97. The van der Waals surface area contributed by atoms with Gasteiger partial charge in [0, 0.05) is 37.8 Å². The van der Waals surface area contributed by atoms with E-state index in [0.29, 0.717) is 5.92 Å². The van der Waals surface area contributed by atoms with E-state index < -0.39 is 0 Å². The number of hydrogen-bond acceptors (Lipinski definition) is 4. The summed E-state index contributed by atoms with van der Waals surface area (Å²) >= 11 is 0. The second-order valence-corrected chi connectivity index (χ2v) is 4.78. The van der Waals surface area contributed by atoms with Crippen molar-refractivity contribution in [1.29, 1.82) is 0 Å². The van der Waals surface area contributed by atoms with Gasteiger partial charge in [-0.25, -0.2) is 9.97 Å². The van der Waals surface area contributed by atoms with Crippen LogP contribution in [-0.4, -0.2) is 26.8 Å². The molecule has 0 amide bonds. The van der Waals surface area contributed by atoms with Crippen LogP contribution in [-0.2, 0) is 7.05 Å². The first-order valence-corrected chi connectivity index (χ1v) is 6.32. The van der Waals surface area contributed by atoms with Crippen LogP contribution in [0.2, 0.25) is 0 Å². The van der Waals surface area contributed by atoms with Crippen molar-refractivity contribution in [3.8, 4) is 11.3 Å². The first-order chi connectivity index (χ1) is 8.76. The first kappa shape index (κ1) is 11.2. The zero-order chi connectivity index (χ0) is 12.5. The van der Waals surface area contributed by atoms with Gasteiger partial charge < -0.3 is 5.32 Å². The van der Waals surface area contributed by atoms with E-state index in [4.69, 9.17) is 0 Å². The van der Waals surface area contributed by atoms with E-state index in [1.54, 1.807) is 4.68 Å². The molecule has 3 rings (SSSR count). The highest BCUT2D eigenvalue weighted by atomic mass is 15.2. The van der Waals surface area contributed by atoms with E-state index in [0.717, 1.165) is 22.9 Å². The van der Waals surface area contributed by atoms with Crippen LogP contribution in [0.1, 0.15) is 31.0 Å². The Morgan fingerprint density at radius 2 is 2.17 bits per heavy atom. The van der Waals surface area contributed by atoms with E-state index in [9.17, 15) is 0 Å². The highest BCUT2D eigenvalue weighted by Gasteiger charge is 2.23. The number of anilines is 1. The monoisotopic (exact) mass is 243 g/mol. The summed E-state index contributed by atoms with van der Waals surface area (Å²) in [6.07, 6.45) is 7.53. The molecule has 1 saturated carbocycles. The van der Waals surface area contributed by atoms with Gasteiger partial charge in [-0.2, -0.15) is 5.10 Å². The Hall–Kier alpha value is -1.91. The number of nitrogens with zero attached hydrogens (tertiary/aromatic N) is 4. The minimum Gasteiger partial charge on any atom is -0.373 e. The van der Waals surface area contributed by atoms with E-state index in [1.807, 2.05) is 32.6 Å². The summed E-state index contributed by atoms with van der Waals surface area (Å²) < 4.78 is 1.79. The maximum atomic E-state index is 4.68. The third-order valence-electron chi connectivity index (χ3n) is 3.47. The zero-order valence-electron chi connectivity index (χ0n) is 10.7. The first-order valence-electron chi connectivity index (χ1n) is 6.32. The van der Waals surface area contributed by atoms with Crippen LogP contribution >= 0.6 is 0 Å². The van der Waals surface area contributed by atoms with Crippen LogP contribution in [0.5, 0.6) is 0 Å². The predicted octanol–water partition coefficient (Wildman–Crippen LogP) is 2.19. The van der Waals surface area contributed by atoms with Crippen LogP contribution in [0.3, 0.4) is 0 Å². The van der Waals surface area contributed by atoms with Gasteiger partial charge >= 0.3 is 0 Å². The van der Waals surface area contributed by atoms with E-state index in [1.165, 1.54) is 19.3 Å². The molecule has 1 aliphatic carbocycles. The normalized spacial score (nSPS) is 15.4. The Morgan fingerprint density at radius 1 is 1.33 bits per heavy atom. The second kappa shape index (κ2) is 4.40. The van der Waals surface area contributed by atoms with E-state index in [-0.39, 0.29) is 0 Å².